The van der Waals surface area contributed by atoms with E-state index in [1.54, 1.807) is 0 Å². The van der Waals surface area contributed by atoms with E-state index in [9.17, 15) is 0 Å². The zero-order valence-corrected chi connectivity index (χ0v) is 13.6. The van der Waals surface area contributed by atoms with Gasteiger partial charge in [0.05, 0.1) is 5.69 Å². The normalized spacial score (nSPS) is 21.4. The zero-order chi connectivity index (χ0) is 14.7. The maximum absolute atomic E-state index is 2.57. The molecule has 0 bridgehead atoms. The minimum Gasteiger partial charge on any atom is -0.236 e. The second kappa shape index (κ2) is 6.80. The Kier molecular flexibility index (Phi) is 4.81. The molecular weight excluding hydrogens is 258 g/mol. The first-order chi connectivity index (χ1) is 10.3. The Bertz CT molecular complexity index is 442. The van der Waals surface area contributed by atoms with Gasteiger partial charge in [0.25, 0.3) is 0 Å². The standard InChI is InChI=1S/C18H29N3/c1-16-9-10-18(15-17(16)2)21(19-11-5-3-6-12-19)20-13-7-4-8-14-20/h9-10,15H,3-8,11-14H2,1-2H3. The van der Waals surface area contributed by atoms with E-state index in [0.29, 0.717) is 0 Å². The maximum Gasteiger partial charge on any atom is 0.0710 e. The lowest BCUT2D eigenvalue weighted by atomic mass is 10.1. The predicted molar refractivity (Wildman–Crippen MR) is 89.2 cm³/mol. The minimum atomic E-state index is 1.20. The molecule has 0 saturated carbocycles. The number of hydrazine groups is 2. The van der Waals surface area contributed by atoms with E-state index in [4.69, 9.17) is 0 Å². The van der Waals surface area contributed by atoms with Gasteiger partial charge in [-0.2, -0.15) is 0 Å². The Morgan fingerprint density at radius 3 is 1.71 bits per heavy atom. The second-order valence-corrected chi connectivity index (χ2v) is 6.59. The molecule has 0 aromatic heterocycles. The van der Waals surface area contributed by atoms with Crippen molar-refractivity contribution in [3.8, 4) is 0 Å². The Labute approximate surface area is 129 Å². The van der Waals surface area contributed by atoms with Gasteiger partial charge in [-0.15, -0.1) is 0 Å². The van der Waals surface area contributed by atoms with Crippen LogP contribution < -0.4 is 5.12 Å². The maximum atomic E-state index is 2.57. The van der Waals surface area contributed by atoms with Gasteiger partial charge in [0.1, 0.15) is 0 Å². The summed E-state index contributed by atoms with van der Waals surface area (Å²) in [5.41, 5.74) is 4.13. The molecule has 3 nitrogen and oxygen atoms in total. The molecule has 0 aliphatic carbocycles. The van der Waals surface area contributed by atoms with Crippen LogP contribution in [-0.2, 0) is 0 Å². The number of hydrogen-bond donors (Lipinski definition) is 0. The molecule has 2 aliphatic rings. The molecule has 2 heterocycles. The number of piperidine rings is 2. The highest BCUT2D eigenvalue weighted by Gasteiger charge is 2.26. The van der Waals surface area contributed by atoms with E-state index >= 15 is 0 Å². The van der Waals surface area contributed by atoms with Crippen LogP contribution in [0, 0.1) is 13.8 Å². The van der Waals surface area contributed by atoms with E-state index in [2.05, 4.69) is 47.2 Å². The average Bonchev–Trinajstić information content (AvgIpc) is 2.53. The van der Waals surface area contributed by atoms with Crippen LogP contribution in [0.2, 0.25) is 0 Å². The molecule has 0 unspecified atom stereocenters. The van der Waals surface area contributed by atoms with Crippen LogP contribution in [0.15, 0.2) is 18.2 Å². The van der Waals surface area contributed by atoms with Gasteiger partial charge in [0.2, 0.25) is 0 Å². The lowest BCUT2D eigenvalue weighted by Crippen LogP contribution is -2.56. The number of aryl methyl sites for hydroxylation is 2. The minimum absolute atomic E-state index is 1.20. The summed E-state index contributed by atoms with van der Waals surface area (Å²) in [5.74, 6) is 0. The summed E-state index contributed by atoms with van der Waals surface area (Å²) in [6.07, 6.45) is 8.09. The van der Waals surface area contributed by atoms with Crippen LogP contribution in [0.3, 0.4) is 0 Å². The topological polar surface area (TPSA) is 9.72 Å². The molecule has 0 amide bonds. The van der Waals surface area contributed by atoms with Crippen molar-refractivity contribution in [3.05, 3.63) is 29.3 Å². The summed E-state index contributed by atoms with van der Waals surface area (Å²) < 4.78 is 0. The third-order valence-electron chi connectivity index (χ3n) is 4.92. The van der Waals surface area contributed by atoms with E-state index in [1.165, 1.54) is 81.5 Å². The second-order valence-electron chi connectivity index (χ2n) is 6.59. The first-order valence-electron chi connectivity index (χ1n) is 8.63. The summed E-state index contributed by atoms with van der Waals surface area (Å²) in [6.45, 7) is 9.22. The Hall–Kier alpha value is -1.06. The average molecular weight is 287 g/mol. The Morgan fingerprint density at radius 1 is 0.714 bits per heavy atom. The molecule has 3 rings (SSSR count). The van der Waals surface area contributed by atoms with Crippen LogP contribution in [-0.4, -0.2) is 36.2 Å². The van der Waals surface area contributed by atoms with Crippen LogP contribution in [0.1, 0.15) is 49.7 Å². The van der Waals surface area contributed by atoms with Crippen molar-refractivity contribution in [3.63, 3.8) is 0 Å². The Balaban J connectivity index is 1.87. The SMILES string of the molecule is Cc1ccc(N(N2CCCCC2)N2CCCCC2)cc1C. The highest BCUT2D eigenvalue weighted by Crippen LogP contribution is 2.26. The largest absolute Gasteiger partial charge is 0.236 e. The molecule has 1 aromatic carbocycles. The quantitative estimate of drug-likeness (QED) is 0.834. The lowest BCUT2D eigenvalue weighted by Gasteiger charge is -2.46. The molecule has 2 saturated heterocycles. The highest BCUT2D eigenvalue weighted by molar-refractivity contribution is 5.49. The zero-order valence-electron chi connectivity index (χ0n) is 13.6. The van der Waals surface area contributed by atoms with Gasteiger partial charge in [-0.1, -0.05) is 18.9 Å². The third kappa shape index (κ3) is 3.41. The van der Waals surface area contributed by atoms with Crippen molar-refractivity contribution in [2.75, 3.05) is 31.3 Å². The van der Waals surface area contributed by atoms with Crippen molar-refractivity contribution >= 4 is 5.69 Å². The monoisotopic (exact) mass is 287 g/mol. The van der Waals surface area contributed by atoms with E-state index in [1.807, 2.05) is 0 Å². The molecular formula is C18H29N3. The fourth-order valence-corrected chi connectivity index (χ4v) is 3.49. The van der Waals surface area contributed by atoms with Gasteiger partial charge in [0.15, 0.2) is 0 Å². The van der Waals surface area contributed by atoms with Crippen molar-refractivity contribution in [2.45, 2.75) is 52.4 Å². The van der Waals surface area contributed by atoms with Crippen molar-refractivity contribution in [1.82, 2.24) is 10.0 Å². The summed E-state index contributed by atoms with van der Waals surface area (Å²) >= 11 is 0. The van der Waals surface area contributed by atoms with Gasteiger partial charge in [-0.05, 0) is 62.8 Å². The molecule has 0 N–H and O–H groups in total. The molecule has 2 aliphatic heterocycles. The van der Waals surface area contributed by atoms with Crippen LogP contribution in [0.25, 0.3) is 0 Å². The number of rotatable bonds is 3. The van der Waals surface area contributed by atoms with Crippen LogP contribution in [0.4, 0.5) is 5.69 Å². The van der Waals surface area contributed by atoms with Gasteiger partial charge < -0.3 is 0 Å². The number of anilines is 1. The van der Waals surface area contributed by atoms with Crippen molar-refractivity contribution in [1.29, 1.82) is 0 Å². The Morgan fingerprint density at radius 2 is 1.24 bits per heavy atom. The molecule has 2 fully saturated rings. The highest BCUT2D eigenvalue weighted by atomic mass is 15.9. The molecule has 116 valence electrons. The van der Waals surface area contributed by atoms with Crippen molar-refractivity contribution in [2.24, 2.45) is 0 Å². The number of benzene rings is 1. The molecule has 1 aromatic rings. The summed E-state index contributed by atoms with van der Waals surface area (Å²) in [7, 11) is 0. The van der Waals surface area contributed by atoms with E-state index in [0.717, 1.165) is 0 Å². The fourth-order valence-electron chi connectivity index (χ4n) is 3.49. The number of nitrogens with zero attached hydrogens (tertiary/aromatic N) is 3. The predicted octanol–water partition coefficient (Wildman–Crippen LogP) is 3.91. The van der Waals surface area contributed by atoms with Gasteiger partial charge >= 0.3 is 0 Å². The van der Waals surface area contributed by atoms with Crippen LogP contribution >= 0.6 is 0 Å². The first kappa shape index (κ1) is 14.9. The summed E-state index contributed by atoms with van der Waals surface area (Å²) in [5, 5.41) is 7.64. The van der Waals surface area contributed by atoms with Gasteiger partial charge in [0, 0.05) is 26.2 Å². The molecule has 0 spiro atoms. The smallest absolute Gasteiger partial charge is 0.0710 e. The molecule has 3 heteroatoms. The van der Waals surface area contributed by atoms with Gasteiger partial charge in [-0.25, -0.2) is 15.1 Å². The fraction of sp³-hybridized carbons (Fsp3) is 0.667. The summed E-state index contributed by atoms with van der Waals surface area (Å²) in [6, 6.07) is 6.93. The summed E-state index contributed by atoms with van der Waals surface area (Å²) in [4.78, 5) is 0. The van der Waals surface area contributed by atoms with E-state index < -0.39 is 0 Å². The third-order valence-corrected chi connectivity index (χ3v) is 4.92. The first-order valence-corrected chi connectivity index (χ1v) is 8.63. The van der Waals surface area contributed by atoms with E-state index in [-0.39, 0.29) is 0 Å². The molecule has 0 radical (unpaired) electrons. The van der Waals surface area contributed by atoms with Gasteiger partial charge in [-0.3, -0.25) is 0 Å². The van der Waals surface area contributed by atoms with Crippen molar-refractivity contribution < 1.29 is 0 Å². The number of hydrogen-bond acceptors (Lipinski definition) is 3. The lowest BCUT2D eigenvalue weighted by molar-refractivity contribution is 0.0658. The van der Waals surface area contributed by atoms with Crippen LogP contribution in [0.5, 0.6) is 0 Å². The molecule has 21 heavy (non-hydrogen) atoms. The molecule has 0 atom stereocenters.